The smallest absolute Gasteiger partial charge is 0.123 e. The van der Waals surface area contributed by atoms with Gasteiger partial charge < -0.3 is 10.1 Å². The lowest BCUT2D eigenvalue weighted by atomic mass is 10.0. The summed E-state index contributed by atoms with van der Waals surface area (Å²) in [6.45, 7) is 5.90. The molecule has 0 saturated carbocycles. The lowest BCUT2D eigenvalue weighted by molar-refractivity contribution is -0.0191. The van der Waals surface area contributed by atoms with Gasteiger partial charge >= 0.3 is 0 Å². The van der Waals surface area contributed by atoms with Crippen LogP contribution in [0.1, 0.15) is 24.9 Å². The first kappa shape index (κ1) is 14.4. The average molecular weight is 266 g/mol. The first-order chi connectivity index (χ1) is 9.19. The highest BCUT2D eigenvalue weighted by atomic mass is 19.1. The molecule has 0 aliphatic carbocycles. The Labute approximate surface area is 114 Å². The predicted molar refractivity (Wildman–Crippen MR) is 74.7 cm³/mol. The van der Waals surface area contributed by atoms with Crippen LogP contribution >= 0.6 is 0 Å². The molecule has 0 amide bonds. The van der Waals surface area contributed by atoms with Crippen molar-refractivity contribution in [2.24, 2.45) is 0 Å². The molecule has 0 aromatic heterocycles. The fourth-order valence-electron chi connectivity index (χ4n) is 2.61. The molecule has 3 nitrogen and oxygen atoms in total. The second-order valence-corrected chi connectivity index (χ2v) is 5.17. The summed E-state index contributed by atoms with van der Waals surface area (Å²) in [6, 6.07) is 7.05. The number of nitrogens with zero attached hydrogens (tertiary/aromatic N) is 1. The summed E-state index contributed by atoms with van der Waals surface area (Å²) in [5.41, 5.74) is 1.02. The number of halogens is 1. The van der Waals surface area contributed by atoms with E-state index in [0.717, 1.165) is 38.2 Å². The number of benzene rings is 1. The minimum atomic E-state index is -0.169. The van der Waals surface area contributed by atoms with Crippen molar-refractivity contribution in [3.8, 4) is 0 Å². The van der Waals surface area contributed by atoms with Crippen LogP contribution in [0.5, 0.6) is 0 Å². The normalized spacial score (nSPS) is 22.4. The van der Waals surface area contributed by atoms with Crippen molar-refractivity contribution in [3.63, 3.8) is 0 Å². The molecule has 106 valence electrons. The molecule has 4 heteroatoms. The van der Waals surface area contributed by atoms with Crippen LogP contribution in [0.3, 0.4) is 0 Å². The Bertz CT molecular complexity index is 399. The van der Waals surface area contributed by atoms with E-state index in [9.17, 15) is 4.39 Å². The number of ether oxygens (including phenoxy) is 1. The molecule has 1 aromatic rings. The summed E-state index contributed by atoms with van der Waals surface area (Å²) < 4.78 is 18.8. The maximum Gasteiger partial charge on any atom is 0.123 e. The standard InChI is InChI=1S/C15H23FN2O/c1-12-11-18(8-9-19-12)7-6-15(17-2)13-4-3-5-14(16)10-13/h3-5,10,12,15,17H,6-9,11H2,1-2H3. The summed E-state index contributed by atoms with van der Waals surface area (Å²) in [5, 5.41) is 3.27. The molecule has 2 unspecified atom stereocenters. The molecule has 0 bridgehead atoms. The van der Waals surface area contributed by atoms with Gasteiger partial charge in [0.25, 0.3) is 0 Å². The van der Waals surface area contributed by atoms with Crippen LogP contribution in [-0.4, -0.2) is 44.3 Å². The fraction of sp³-hybridized carbons (Fsp3) is 0.600. The Balaban J connectivity index is 1.89. The van der Waals surface area contributed by atoms with E-state index in [4.69, 9.17) is 4.74 Å². The summed E-state index contributed by atoms with van der Waals surface area (Å²) in [7, 11) is 1.93. The van der Waals surface area contributed by atoms with Crippen molar-refractivity contribution >= 4 is 0 Å². The van der Waals surface area contributed by atoms with Crippen molar-refractivity contribution in [2.75, 3.05) is 33.3 Å². The molecule has 1 aliphatic heterocycles. The molecule has 2 atom stereocenters. The Morgan fingerprint density at radius 3 is 3.05 bits per heavy atom. The molecule has 0 spiro atoms. The third kappa shape index (κ3) is 4.27. The molecule has 1 fully saturated rings. The van der Waals surface area contributed by atoms with Crippen LogP contribution in [-0.2, 0) is 4.74 Å². The van der Waals surface area contributed by atoms with E-state index in [1.807, 2.05) is 13.1 Å². The number of nitrogens with one attached hydrogen (secondary N) is 1. The van der Waals surface area contributed by atoms with Gasteiger partial charge in [0, 0.05) is 25.7 Å². The molecule has 2 rings (SSSR count). The number of morpholine rings is 1. The lowest BCUT2D eigenvalue weighted by Gasteiger charge is -2.32. The number of hydrogen-bond acceptors (Lipinski definition) is 3. The second-order valence-electron chi connectivity index (χ2n) is 5.17. The molecule has 19 heavy (non-hydrogen) atoms. The van der Waals surface area contributed by atoms with Crippen molar-refractivity contribution < 1.29 is 9.13 Å². The third-order valence-corrected chi connectivity index (χ3v) is 3.66. The van der Waals surface area contributed by atoms with Gasteiger partial charge in [-0.2, -0.15) is 0 Å². The van der Waals surface area contributed by atoms with Crippen molar-refractivity contribution in [1.29, 1.82) is 0 Å². The number of hydrogen-bond donors (Lipinski definition) is 1. The first-order valence-electron chi connectivity index (χ1n) is 6.95. The van der Waals surface area contributed by atoms with E-state index in [1.54, 1.807) is 12.1 Å². The van der Waals surface area contributed by atoms with E-state index in [1.165, 1.54) is 6.07 Å². The Kier molecular flexibility index (Phi) is 5.31. The van der Waals surface area contributed by atoms with Crippen molar-refractivity contribution in [1.82, 2.24) is 10.2 Å². The van der Waals surface area contributed by atoms with E-state index >= 15 is 0 Å². The van der Waals surface area contributed by atoms with Crippen molar-refractivity contribution in [2.45, 2.75) is 25.5 Å². The van der Waals surface area contributed by atoms with Gasteiger partial charge in [0.15, 0.2) is 0 Å². The van der Waals surface area contributed by atoms with Gasteiger partial charge in [-0.15, -0.1) is 0 Å². The molecule has 1 aromatic carbocycles. The van der Waals surface area contributed by atoms with E-state index in [-0.39, 0.29) is 11.9 Å². The molecular weight excluding hydrogens is 243 g/mol. The van der Waals surface area contributed by atoms with E-state index in [2.05, 4.69) is 17.1 Å². The van der Waals surface area contributed by atoms with Crippen LogP contribution in [0, 0.1) is 5.82 Å². The summed E-state index contributed by atoms with van der Waals surface area (Å²) >= 11 is 0. The zero-order valence-electron chi connectivity index (χ0n) is 11.7. The predicted octanol–water partition coefficient (Wildman–Crippen LogP) is 2.20. The maximum atomic E-state index is 13.3. The lowest BCUT2D eigenvalue weighted by Crippen LogP contribution is -2.42. The summed E-state index contributed by atoms with van der Waals surface area (Å²) in [6.07, 6.45) is 1.29. The molecule has 1 aliphatic rings. The van der Waals surface area contributed by atoms with Gasteiger partial charge in [0.05, 0.1) is 12.7 Å². The van der Waals surface area contributed by atoms with Gasteiger partial charge in [0.1, 0.15) is 5.82 Å². The minimum Gasteiger partial charge on any atom is -0.376 e. The van der Waals surface area contributed by atoms with Crippen LogP contribution in [0.25, 0.3) is 0 Å². The van der Waals surface area contributed by atoms with Crippen LogP contribution < -0.4 is 5.32 Å². The second kappa shape index (κ2) is 6.98. The largest absolute Gasteiger partial charge is 0.376 e. The highest BCUT2D eigenvalue weighted by Gasteiger charge is 2.18. The topological polar surface area (TPSA) is 24.5 Å². The van der Waals surface area contributed by atoms with Crippen LogP contribution in [0.15, 0.2) is 24.3 Å². The first-order valence-corrected chi connectivity index (χ1v) is 6.95. The van der Waals surface area contributed by atoms with Gasteiger partial charge in [-0.3, -0.25) is 4.90 Å². The Hall–Kier alpha value is -0.970. The SMILES string of the molecule is CNC(CCN1CCOC(C)C1)c1cccc(F)c1. The van der Waals surface area contributed by atoms with Crippen LogP contribution in [0.4, 0.5) is 4.39 Å². The zero-order chi connectivity index (χ0) is 13.7. The highest BCUT2D eigenvalue weighted by Crippen LogP contribution is 2.18. The summed E-state index contributed by atoms with van der Waals surface area (Å²) in [5.74, 6) is -0.169. The third-order valence-electron chi connectivity index (χ3n) is 3.66. The molecular formula is C15H23FN2O. The van der Waals surface area contributed by atoms with Gasteiger partial charge in [-0.25, -0.2) is 4.39 Å². The Morgan fingerprint density at radius 1 is 1.53 bits per heavy atom. The monoisotopic (exact) mass is 266 g/mol. The molecule has 1 saturated heterocycles. The van der Waals surface area contributed by atoms with Gasteiger partial charge in [-0.1, -0.05) is 12.1 Å². The minimum absolute atomic E-state index is 0.169. The van der Waals surface area contributed by atoms with Crippen molar-refractivity contribution in [3.05, 3.63) is 35.6 Å². The molecule has 1 heterocycles. The fourth-order valence-corrected chi connectivity index (χ4v) is 2.61. The van der Waals surface area contributed by atoms with Gasteiger partial charge in [0.2, 0.25) is 0 Å². The molecule has 1 N–H and O–H groups in total. The zero-order valence-corrected chi connectivity index (χ0v) is 11.7. The number of rotatable bonds is 5. The molecule has 0 radical (unpaired) electrons. The maximum absolute atomic E-state index is 13.3. The van der Waals surface area contributed by atoms with Crippen LogP contribution in [0.2, 0.25) is 0 Å². The highest BCUT2D eigenvalue weighted by molar-refractivity contribution is 5.20. The summed E-state index contributed by atoms with van der Waals surface area (Å²) in [4.78, 5) is 2.41. The van der Waals surface area contributed by atoms with Gasteiger partial charge in [-0.05, 0) is 38.1 Å². The van der Waals surface area contributed by atoms with E-state index < -0.39 is 0 Å². The Morgan fingerprint density at radius 2 is 2.37 bits per heavy atom. The average Bonchev–Trinajstić information content (AvgIpc) is 2.40. The quantitative estimate of drug-likeness (QED) is 0.884. The van der Waals surface area contributed by atoms with E-state index in [0.29, 0.717) is 6.10 Å².